The van der Waals surface area contributed by atoms with Crippen LogP contribution in [0.5, 0.6) is 0 Å². The predicted octanol–water partition coefficient (Wildman–Crippen LogP) is -1.04. The fourth-order valence-electron chi connectivity index (χ4n) is 0. The molecular weight excluding hydrogens is 403 g/mol. The molecule has 0 fully saturated rings. The average Bonchev–Trinajstić information content (AvgIpc) is 1.00. The van der Waals surface area contributed by atoms with Crippen molar-refractivity contribution in [1.29, 1.82) is 0 Å². The van der Waals surface area contributed by atoms with Crippen LogP contribution in [0.2, 0.25) is 0 Å². The van der Waals surface area contributed by atoms with Crippen LogP contribution >= 0.6 is 0 Å². The van der Waals surface area contributed by atoms with E-state index in [0.29, 0.717) is 0 Å². The first-order valence-corrected chi connectivity index (χ1v) is 0.508. The molecule has 0 aliphatic heterocycles. The summed E-state index contributed by atoms with van der Waals surface area (Å²) in [7, 11) is 0. The van der Waals surface area contributed by atoms with Gasteiger partial charge in [-0.2, -0.15) is 0 Å². The maximum absolute atomic E-state index is 7.81. The Hall–Kier alpha value is 2.55. The molecule has 0 bridgehead atoms. The van der Waals surface area contributed by atoms with Gasteiger partial charge in [0.25, 0.3) is 0 Å². The molecule has 0 N–H and O–H groups in total. The first-order chi connectivity index (χ1) is 1.00. The number of hydrogen-bond donors (Lipinski definition) is 0. The minimum atomic E-state index is 0. The molecule has 0 aromatic carbocycles. The van der Waals surface area contributed by atoms with Crippen LogP contribution in [0.4, 0.5) is 0 Å². The molecule has 0 aromatic rings. The Morgan fingerprint density at radius 3 is 1.25 bits per heavy atom. The average molecular weight is 405 g/mol. The van der Waals surface area contributed by atoms with Gasteiger partial charge in [-0.15, -0.1) is 0 Å². The van der Waals surface area contributed by atoms with Crippen LogP contribution in [0.3, 0.4) is 0 Å². The first kappa shape index (κ1) is 16.0. The Labute approximate surface area is 87.0 Å². The zero-order chi connectivity index (χ0) is 2.00. The first-order valence-electron chi connectivity index (χ1n) is 0.123. The van der Waals surface area contributed by atoms with Crippen molar-refractivity contribution in [2.75, 3.05) is 0 Å². The molecule has 1 radical (unpaired) electrons. The Morgan fingerprint density at radius 1 is 1.25 bits per heavy atom. The summed E-state index contributed by atoms with van der Waals surface area (Å²) in [6.45, 7) is 0. The third-order valence-electron chi connectivity index (χ3n) is 0. The van der Waals surface area contributed by atoms with Crippen molar-refractivity contribution < 1.29 is 40.2 Å². The topological polar surface area (TPSA) is 17.1 Å². The van der Waals surface area contributed by atoms with Crippen molar-refractivity contribution in [2.45, 2.75) is 0 Å². The fraction of sp³-hybridized carbons (Fsp3) is 0. The Balaban J connectivity index is -0.00000000500. The van der Waals surface area contributed by atoms with Gasteiger partial charge in [-0.1, -0.05) is 0 Å². The molecule has 0 aliphatic rings. The zero-order valence-corrected chi connectivity index (χ0v) is 4.75. The standard InChI is InChI=1S/Ba.Cu.O.Re.2H. The second kappa shape index (κ2) is 17.7. The molecule has 0 atom stereocenters. The van der Waals surface area contributed by atoms with Gasteiger partial charge >= 0.3 is 68.7 Å². The van der Waals surface area contributed by atoms with E-state index in [1.165, 1.54) is 0 Å². The molecule has 1 nitrogen and oxygen atoms in total. The summed E-state index contributed by atoms with van der Waals surface area (Å²) in [5.41, 5.74) is 0. The summed E-state index contributed by atoms with van der Waals surface area (Å²) in [5, 5.41) is 0. The van der Waals surface area contributed by atoms with Gasteiger partial charge in [0.2, 0.25) is 0 Å². The molecule has 4 heteroatoms. The molecule has 0 spiro atoms. The van der Waals surface area contributed by atoms with Crippen molar-refractivity contribution in [3.63, 3.8) is 0 Å². The van der Waals surface area contributed by atoms with Gasteiger partial charge < -0.3 is 0 Å². The van der Waals surface area contributed by atoms with E-state index in [9.17, 15) is 0 Å². The summed E-state index contributed by atoms with van der Waals surface area (Å²) >= 11 is 2.94. The van der Waals surface area contributed by atoms with Crippen LogP contribution in [0.25, 0.3) is 0 Å². The van der Waals surface area contributed by atoms with Crippen molar-refractivity contribution >= 4 is 48.9 Å². The predicted molar refractivity (Wildman–Crippen MR) is 9.23 cm³/mol. The zero-order valence-electron chi connectivity index (χ0n) is 1.09. The van der Waals surface area contributed by atoms with Gasteiger partial charge in [0.1, 0.15) is 0 Å². The Bertz CT molecular complexity index is 8.00. The smallest absolute Gasteiger partial charge is 0 e. The Morgan fingerprint density at radius 2 is 1.25 bits per heavy atom. The van der Waals surface area contributed by atoms with Crippen LogP contribution in [0.1, 0.15) is 0 Å². The SMILES string of the molecule is [BaH2].[O]=[Cu].[Re]. The van der Waals surface area contributed by atoms with Crippen LogP contribution < -0.4 is 0 Å². The van der Waals surface area contributed by atoms with Crippen LogP contribution in [0.15, 0.2) is 0 Å². The summed E-state index contributed by atoms with van der Waals surface area (Å²) in [4.78, 5) is 0. The minimum absolute atomic E-state index is 0. The molecule has 0 saturated carbocycles. The molecule has 0 amide bonds. The van der Waals surface area contributed by atoms with E-state index in [0.717, 1.165) is 0 Å². The maximum Gasteiger partial charge on any atom is 0 e. The van der Waals surface area contributed by atoms with Crippen LogP contribution in [-0.4, -0.2) is 48.9 Å². The van der Waals surface area contributed by atoms with Gasteiger partial charge in [0.15, 0.2) is 0 Å². The largest absolute Gasteiger partial charge is 0 e. The molecule has 0 aliphatic carbocycles. The van der Waals surface area contributed by atoms with Crippen molar-refractivity contribution in [1.82, 2.24) is 0 Å². The van der Waals surface area contributed by atoms with E-state index in [-0.39, 0.29) is 69.3 Å². The van der Waals surface area contributed by atoms with Gasteiger partial charge in [-0.05, 0) is 0 Å². The van der Waals surface area contributed by atoms with Gasteiger partial charge in [-0.25, -0.2) is 0 Å². The summed E-state index contributed by atoms with van der Waals surface area (Å²) < 4.78 is 7.81. The van der Waals surface area contributed by atoms with E-state index in [4.69, 9.17) is 3.83 Å². The van der Waals surface area contributed by atoms with Crippen molar-refractivity contribution in [3.8, 4) is 0 Å². The second-order valence-corrected chi connectivity index (χ2v) is 0. The molecule has 0 rings (SSSR count). The van der Waals surface area contributed by atoms with Crippen LogP contribution in [-0.2, 0) is 40.2 Å². The van der Waals surface area contributed by atoms with Gasteiger partial charge in [0, 0.05) is 20.4 Å². The Kier molecular flexibility index (Phi) is 70.7. The molecular formula is H2BaCuORe. The van der Waals surface area contributed by atoms with Crippen molar-refractivity contribution in [2.24, 2.45) is 0 Å². The molecule has 0 unspecified atom stereocenters. The van der Waals surface area contributed by atoms with Crippen LogP contribution in [0, 0.1) is 0 Å². The molecule has 28 valence electrons. The van der Waals surface area contributed by atoms with E-state index < -0.39 is 0 Å². The maximum atomic E-state index is 7.81. The van der Waals surface area contributed by atoms with E-state index in [1.807, 2.05) is 0 Å². The molecule has 0 saturated heterocycles. The monoisotopic (exact) mass is 406 g/mol. The summed E-state index contributed by atoms with van der Waals surface area (Å²) in [6, 6.07) is 0. The number of rotatable bonds is 0. The molecule has 0 aromatic heterocycles. The fourth-order valence-corrected chi connectivity index (χ4v) is 0. The van der Waals surface area contributed by atoms with Gasteiger partial charge in [0.05, 0.1) is 0 Å². The van der Waals surface area contributed by atoms with Gasteiger partial charge in [-0.3, -0.25) is 0 Å². The third kappa shape index (κ3) is 8.82. The second-order valence-electron chi connectivity index (χ2n) is 0. The third-order valence-corrected chi connectivity index (χ3v) is 0. The minimum Gasteiger partial charge on any atom is 0 e. The van der Waals surface area contributed by atoms with E-state index >= 15 is 0 Å². The molecule has 4 heavy (non-hydrogen) atoms. The van der Waals surface area contributed by atoms with E-state index in [1.54, 1.807) is 0 Å². The summed E-state index contributed by atoms with van der Waals surface area (Å²) in [5.74, 6) is 0. The molecule has 0 heterocycles. The normalized spacial score (nSPS) is 1.50. The van der Waals surface area contributed by atoms with Crippen molar-refractivity contribution in [3.05, 3.63) is 0 Å². The quantitative estimate of drug-likeness (QED) is 0.471. The number of hydrogen-bond acceptors (Lipinski definition) is 1. The van der Waals surface area contributed by atoms with E-state index in [2.05, 4.69) is 15.9 Å². The summed E-state index contributed by atoms with van der Waals surface area (Å²) in [6.07, 6.45) is 0.